The van der Waals surface area contributed by atoms with Crippen LogP contribution >= 0.6 is 0 Å². The highest BCUT2D eigenvalue weighted by Gasteiger charge is 2.18. The van der Waals surface area contributed by atoms with E-state index >= 15 is 0 Å². The zero-order valence-electron chi connectivity index (χ0n) is 12.8. The van der Waals surface area contributed by atoms with E-state index in [-0.39, 0.29) is 0 Å². The molecule has 1 aliphatic carbocycles. The SMILES string of the molecule is Cc1cccc(CN[C@@H](C)C2CCCCCC2)c1C. The van der Waals surface area contributed by atoms with Crippen molar-refractivity contribution >= 4 is 0 Å². The smallest absolute Gasteiger partial charge is 0.0210 e. The molecule has 0 heterocycles. The quantitative estimate of drug-likeness (QED) is 0.769. The van der Waals surface area contributed by atoms with Gasteiger partial charge >= 0.3 is 0 Å². The molecule has 19 heavy (non-hydrogen) atoms. The van der Waals surface area contributed by atoms with E-state index in [1.807, 2.05) is 0 Å². The second-order valence-corrected chi connectivity index (χ2v) is 6.28. The Hall–Kier alpha value is -0.820. The molecule has 0 bridgehead atoms. The summed E-state index contributed by atoms with van der Waals surface area (Å²) < 4.78 is 0. The van der Waals surface area contributed by atoms with Gasteiger partial charge in [0.25, 0.3) is 0 Å². The van der Waals surface area contributed by atoms with Crippen LogP contribution in [0.4, 0.5) is 0 Å². The van der Waals surface area contributed by atoms with Crippen LogP contribution in [0.5, 0.6) is 0 Å². The molecule has 2 rings (SSSR count). The average molecular weight is 259 g/mol. The van der Waals surface area contributed by atoms with Crippen molar-refractivity contribution in [3.8, 4) is 0 Å². The van der Waals surface area contributed by atoms with Gasteiger partial charge in [-0.2, -0.15) is 0 Å². The van der Waals surface area contributed by atoms with Crippen molar-refractivity contribution in [2.75, 3.05) is 0 Å². The van der Waals surface area contributed by atoms with Crippen molar-refractivity contribution in [1.29, 1.82) is 0 Å². The maximum atomic E-state index is 3.76. The van der Waals surface area contributed by atoms with Crippen LogP contribution < -0.4 is 5.32 Å². The Morgan fingerprint density at radius 1 is 1.11 bits per heavy atom. The standard InChI is InChI=1S/C18H29N/c1-14-9-8-12-18(15(14)2)13-19-16(3)17-10-6-4-5-7-11-17/h8-9,12,16-17,19H,4-7,10-11,13H2,1-3H3/t16-/m0/s1. The zero-order valence-corrected chi connectivity index (χ0v) is 12.8. The molecule has 1 aromatic rings. The number of aryl methyl sites for hydroxylation is 1. The fourth-order valence-electron chi connectivity index (χ4n) is 3.25. The molecule has 0 unspecified atom stereocenters. The third-order valence-electron chi connectivity index (χ3n) is 4.94. The number of nitrogens with one attached hydrogen (secondary N) is 1. The van der Waals surface area contributed by atoms with Crippen molar-refractivity contribution in [2.24, 2.45) is 5.92 Å². The van der Waals surface area contributed by atoms with Crippen LogP contribution in [-0.4, -0.2) is 6.04 Å². The van der Waals surface area contributed by atoms with Crippen molar-refractivity contribution < 1.29 is 0 Å². The highest BCUT2D eigenvalue weighted by Crippen LogP contribution is 2.25. The largest absolute Gasteiger partial charge is 0.310 e. The molecule has 1 atom stereocenters. The van der Waals surface area contributed by atoms with Crippen LogP contribution in [0.25, 0.3) is 0 Å². The molecule has 106 valence electrons. The Labute approximate surface area is 118 Å². The van der Waals surface area contributed by atoms with Crippen molar-refractivity contribution in [1.82, 2.24) is 5.32 Å². The number of rotatable bonds is 4. The van der Waals surface area contributed by atoms with Gasteiger partial charge in [-0.15, -0.1) is 0 Å². The molecule has 0 spiro atoms. The van der Waals surface area contributed by atoms with Gasteiger partial charge in [0.15, 0.2) is 0 Å². The normalized spacial score (nSPS) is 19.1. The van der Waals surface area contributed by atoms with Gasteiger partial charge in [0.05, 0.1) is 0 Å². The first-order valence-electron chi connectivity index (χ1n) is 7.97. The summed E-state index contributed by atoms with van der Waals surface area (Å²) in [4.78, 5) is 0. The molecule has 1 heteroatoms. The Balaban J connectivity index is 1.88. The van der Waals surface area contributed by atoms with Gasteiger partial charge < -0.3 is 5.32 Å². The van der Waals surface area contributed by atoms with E-state index in [2.05, 4.69) is 44.3 Å². The monoisotopic (exact) mass is 259 g/mol. The van der Waals surface area contributed by atoms with Gasteiger partial charge in [-0.25, -0.2) is 0 Å². The summed E-state index contributed by atoms with van der Waals surface area (Å²) in [6.45, 7) is 7.84. The molecule has 0 aliphatic heterocycles. The van der Waals surface area contributed by atoms with Gasteiger partial charge in [-0.3, -0.25) is 0 Å². The van der Waals surface area contributed by atoms with E-state index in [0.29, 0.717) is 6.04 Å². The average Bonchev–Trinajstić information content (AvgIpc) is 2.69. The molecule has 0 aromatic heterocycles. The second kappa shape index (κ2) is 7.09. The number of hydrogen-bond donors (Lipinski definition) is 1. The highest BCUT2D eigenvalue weighted by atomic mass is 14.9. The van der Waals surface area contributed by atoms with Crippen LogP contribution in [-0.2, 0) is 6.54 Å². The van der Waals surface area contributed by atoms with Gasteiger partial charge in [0, 0.05) is 12.6 Å². The van der Waals surface area contributed by atoms with E-state index < -0.39 is 0 Å². The third-order valence-corrected chi connectivity index (χ3v) is 4.94. The van der Waals surface area contributed by atoms with Gasteiger partial charge in [-0.05, 0) is 56.2 Å². The molecular weight excluding hydrogens is 230 g/mol. The summed E-state index contributed by atoms with van der Waals surface area (Å²) in [6, 6.07) is 7.29. The minimum atomic E-state index is 0.651. The second-order valence-electron chi connectivity index (χ2n) is 6.28. The zero-order chi connectivity index (χ0) is 13.7. The topological polar surface area (TPSA) is 12.0 Å². The van der Waals surface area contributed by atoms with E-state index in [1.54, 1.807) is 0 Å². The first-order valence-corrected chi connectivity index (χ1v) is 7.97. The summed E-state index contributed by atoms with van der Waals surface area (Å²) in [7, 11) is 0. The third kappa shape index (κ3) is 4.07. The summed E-state index contributed by atoms with van der Waals surface area (Å²) in [6.07, 6.45) is 8.59. The molecule has 1 saturated carbocycles. The first kappa shape index (κ1) is 14.6. The fraction of sp³-hybridized carbons (Fsp3) is 0.667. The van der Waals surface area contributed by atoms with E-state index in [1.165, 1.54) is 55.2 Å². The van der Waals surface area contributed by atoms with Crippen molar-refractivity contribution in [2.45, 2.75) is 71.9 Å². The molecule has 1 N–H and O–H groups in total. The molecule has 0 radical (unpaired) electrons. The van der Waals surface area contributed by atoms with Crippen molar-refractivity contribution in [3.63, 3.8) is 0 Å². The van der Waals surface area contributed by atoms with Gasteiger partial charge in [-0.1, -0.05) is 43.9 Å². The Bertz CT molecular complexity index is 389. The fourth-order valence-corrected chi connectivity index (χ4v) is 3.25. The molecule has 1 nitrogen and oxygen atoms in total. The first-order chi connectivity index (χ1) is 9.18. The summed E-state index contributed by atoms with van der Waals surface area (Å²) in [5.74, 6) is 0.882. The Kier molecular flexibility index (Phi) is 5.45. The van der Waals surface area contributed by atoms with E-state index in [0.717, 1.165) is 12.5 Å². The van der Waals surface area contributed by atoms with Crippen LogP contribution in [0.2, 0.25) is 0 Å². The minimum absolute atomic E-state index is 0.651. The Morgan fingerprint density at radius 3 is 2.47 bits per heavy atom. The van der Waals surface area contributed by atoms with E-state index in [9.17, 15) is 0 Å². The molecule has 1 aliphatic rings. The highest BCUT2D eigenvalue weighted by molar-refractivity contribution is 5.32. The summed E-state index contributed by atoms with van der Waals surface area (Å²) >= 11 is 0. The van der Waals surface area contributed by atoms with Crippen LogP contribution in [0.3, 0.4) is 0 Å². The summed E-state index contributed by atoms with van der Waals surface area (Å²) in [5, 5.41) is 3.76. The minimum Gasteiger partial charge on any atom is -0.310 e. The Morgan fingerprint density at radius 2 is 1.79 bits per heavy atom. The van der Waals surface area contributed by atoms with Gasteiger partial charge in [0.1, 0.15) is 0 Å². The molecule has 1 fully saturated rings. The maximum absolute atomic E-state index is 3.76. The predicted octanol–water partition coefficient (Wildman–Crippen LogP) is 4.75. The number of hydrogen-bond acceptors (Lipinski definition) is 1. The van der Waals surface area contributed by atoms with Gasteiger partial charge in [0.2, 0.25) is 0 Å². The lowest BCUT2D eigenvalue weighted by Gasteiger charge is -2.24. The molecule has 0 amide bonds. The van der Waals surface area contributed by atoms with Crippen LogP contribution in [0.1, 0.15) is 62.1 Å². The predicted molar refractivity (Wildman–Crippen MR) is 83.4 cm³/mol. The summed E-state index contributed by atoms with van der Waals surface area (Å²) in [5.41, 5.74) is 4.31. The lowest BCUT2D eigenvalue weighted by molar-refractivity contribution is 0.336. The van der Waals surface area contributed by atoms with Crippen molar-refractivity contribution in [3.05, 3.63) is 34.9 Å². The van der Waals surface area contributed by atoms with Crippen LogP contribution in [0.15, 0.2) is 18.2 Å². The maximum Gasteiger partial charge on any atom is 0.0210 e. The molecular formula is C18H29N. The van der Waals surface area contributed by atoms with E-state index in [4.69, 9.17) is 0 Å². The number of benzene rings is 1. The molecule has 0 saturated heterocycles. The lowest BCUT2D eigenvalue weighted by atomic mass is 9.92. The lowest BCUT2D eigenvalue weighted by Crippen LogP contribution is -2.33. The van der Waals surface area contributed by atoms with Crippen LogP contribution in [0, 0.1) is 19.8 Å². The molecule has 1 aromatic carbocycles.